The van der Waals surface area contributed by atoms with Crippen molar-refractivity contribution >= 4 is 23.2 Å². The van der Waals surface area contributed by atoms with Crippen molar-refractivity contribution in [2.45, 2.75) is 50.7 Å². The van der Waals surface area contributed by atoms with E-state index >= 15 is 0 Å². The highest BCUT2D eigenvalue weighted by Gasteiger charge is 2.42. The number of fused-ring (bicyclic) bond motifs is 1. The molecule has 2 nitrogen and oxygen atoms in total. The van der Waals surface area contributed by atoms with Crippen molar-refractivity contribution in [2.75, 3.05) is 0 Å². The van der Waals surface area contributed by atoms with Crippen LogP contribution in [0.25, 0.3) is 10.8 Å². The Hall–Kier alpha value is -1.67. The molecule has 0 spiro atoms. The SMILES string of the molecule is Cl.NCc1ccc2c(C(F)(F)F)c(OC3CCC(C(F)(F)F)CC3)ccc2c1. The predicted molar refractivity (Wildman–Crippen MR) is 96.5 cm³/mol. The first-order valence-corrected chi connectivity index (χ1v) is 8.66. The summed E-state index contributed by atoms with van der Waals surface area (Å²) in [5.74, 6) is -1.75. The molecule has 1 aliphatic rings. The second kappa shape index (κ2) is 8.37. The van der Waals surface area contributed by atoms with Crippen molar-refractivity contribution in [1.82, 2.24) is 0 Å². The van der Waals surface area contributed by atoms with E-state index in [-0.39, 0.29) is 55.8 Å². The van der Waals surface area contributed by atoms with Crippen LogP contribution in [0.5, 0.6) is 5.75 Å². The molecule has 28 heavy (non-hydrogen) atoms. The average Bonchev–Trinajstić information content (AvgIpc) is 2.59. The second-order valence-corrected chi connectivity index (χ2v) is 6.83. The monoisotopic (exact) mass is 427 g/mol. The molecule has 1 aliphatic carbocycles. The summed E-state index contributed by atoms with van der Waals surface area (Å²) in [6, 6.07) is 7.22. The van der Waals surface area contributed by atoms with Gasteiger partial charge in [-0.1, -0.05) is 18.2 Å². The first kappa shape index (κ1) is 22.6. The molecule has 156 valence electrons. The third-order valence-electron chi connectivity index (χ3n) is 5.00. The van der Waals surface area contributed by atoms with Gasteiger partial charge in [0.25, 0.3) is 0 Å². The number of benzene rings is 2. The van der Waals surface area contributed by atoms with Crippen LogP contribution in [-0.4, -0.2) is 12.3 Å². The maximum absolute atomic E-state index is 13.7. The van der Waals surface area contributed by atoms with E-state index in [1.54, 1.807) is 6.07 Å². The lowest BCUT2D eigenvalue weighted by Gasteiger charge is -2.31. The molecule has 3 rings (SSSR count). The van der Waals surface area contributed by atoms with Crippen LogP contribution in [0.1, 0.15) is 36.8 Å². The molecule has 1 fully saturated rings. The van der Waals surface area contributed by atoms with Crippen LogP contribution in [0.15, 0.2) is 30.3 Å². The van der Waals surface area contributed by atoms with Gasteiger partial charge in [-0.15, -0.1) is 12.4 Å². The molecular weight excluding hydrogens is 408 g/mol. The zero-order chi connectivity index (χ0) is 19.8. The summed E-state index contributed by atoms with van der Waals surface area (Å²) >= 11 is 0. The lowest BCUT2D eigenvalue weighted by Crippen LogP contribution is -2.32. The maximum Gasteiger partial charge on any atom is 0.420 e. The van der Waals surface area contributed by atoms with Gasteiger partial charge in [0.1, 0.15) is 11.3 Å². The number of halogens is 7. The largest absolute Gasteiger partial charge is 0.490 e. The van der Waals surface area contributed by atoms with E-state index in [9.17, 15) is 26.3 Å². The van der Waals surface area contributed by atoms with E-state index in [2.05, 4.69) is 0 Å². The molecule has 1 saturated carbocycles. The van der Waals surface area contributed by atoms with E-state index in [4.69, 9.17) is 10.5 Å². The van der Waals surface area contributed by atoms with E-state index in [1.165, 1.54) is 24.3 Å². The minimum absolute atomic E-state index is 0. The first-order valence-electron chi connectivity index (χ1n) is 8.66. The quantitative estimate of drug-likeness (QED) is 0.588. The van der Waals surface area contributed by atoms with Gasteiger partial charge < -0.3 is 10.5 Å². The van der Waals surface area contributed by atoms with E-state index in [0.29, 0.717) is 10.9 Å². The van der Waals surface area contributed by atoms with Crippen molar-refractivity contribution in [3.63, 3.8) is 0 Å². The van der Waals surface area contributed by atoms with Gasteiger partial charge in [0, 0.05) is 6.54 Å². The van der Waals surface area contributed by atoms with Crippen LogP contribution in [0.2, 0.25) is 0 Å². The van der Waals surface area contributed by atoms with Gasteiger partial charge in [0.05, 0.1) is 12.0 Å². The molecule has 2 aromatic rings. The third kappa shape index (κ3) is 4.84. The molecule has 9 heteroatoms. The molecule has 0 aromatic heterocycles. The zero-order valence-electron chi connectivity index (χ0n) is 14.7. The number of hydrogen-bond acceptors (Lipinski definition) is 2. The fourth-order valence-electron chi connectivity index (χ4n) is 3.56. The fourth-order valence-corrected chi connectivity index (χ4v) is 3.56. The van der Waals surface area contributed by atoms with Crippen molar-refractivity contribution in [2.24, 2.45) is 11.7 Å². The molecule has 0 radical (unpaired) electrons. The Kier molecular flexibility index (Phi) is 6.76. The minimum atomic E-state index is -4.65. The molecule has 2 aromatic carbocycles. The number of rotatable bonds is 3. The van der Waals surface area contributed by atoms with E-state index in [1.807, 2.05) is 0 Å². The lowest BCUT2D eigenvalue weighted by molar-refractivity contribution is -0.185. The average molecular weight is 428 g/mol. The van der Waals surface area contributed by atoms with E-state index < -0.39 is 29.9 Å². The highest BCUT2D eigenvalue weighted by Crippen LogP contribution is 2.44. The summed E-state index contributed by atoms with van der Waals surface area (Å²) in [6.45, 7) is 0.206. The van der Waals surface area contributed by atoms with Gasteiger partial charge in [-0.25, -0.2) is 0 Å². The molecule has 0 bridgehead atoms. The van der Waals surface area contributed by atoms with Gasteiger partial charge >= 0.3 is 12.4 Å². The molecule has 0 amide bonds. The normalized spacial score (nSPS) is 20.7. The number of alkyl halides is 6. The Morgan fingerprint density at radius 1 is 0.929 bits per heavy atom. The number of ether oxygens (including phenoxy) is 1. The fraction of sp³-hybridized carbons (Fsp3) is 0.474. The van der Waals surface area contributed by atoms with Crippen LogP contribution < -0.4 is 10.5 Å². The van der Waals surface area contributed by atoms with E-state index in [0.717, 1.165) is 0 Å². The topological polar surface area (TPSA) is 35.2 Å². The highest BCUT2D eigenvalue weighted by atomic mass is 35.5. The van der Waals surface area contributed by atoms with Crippen LogP contribution in [0.3, 0.4) is 0 Å². The number of nitrogens with two attached hydrogens (primary N) is 1. The van der Waals surface area contributed by atoms with Crippen molar-refractivity contribution in [3.8, 4) is 5.75 Å². The molecule has 0 aliphatic heterocycles. The summed E-state index contributed by atoms with van der Waals surface area (Å²) in [4.78, 5) is 0. The number of hydrogen-bond donors (Lipinski definition) is 1. The summed E-state index contributed by atoms with van der Waals surface area (Å²) in [5.41, 5.74) is 5.34. The Balaban J connectivity index is 0.00000280. The van der Waals surface area contributed by atoms with Crippen LogP contribution >= 0.6 is 12.4 Å². The van der Waals surface area contributed by atoms with Crippen molar-refractivity contribution in [3.05, 3.63) is 41.5 Å². The molecule has 0 saturated heterocycles. The van der Waals surface area contributed by atoms with Gasteiger partial charge in [-0.3, -0.25) is 0 Å². The standard InChI is InChI=1S/C19H19F6NO.ClH/c20-18(21,22)13-3-5-14(6-4-13)27-16-8-2-12-9-11(10-26)1-7-15(12)17(16)19(23,24)25;/h1-2,7-9,13-14H,3-6,10,26H2;1H. The zero-order valence-corrected chi connectivity index (χ0v) is 15.6. The van der Waals surface area contributed by atoms with Crippen LogP contribution in [0.4, 0.5) is 26.3 Å². The van der Waals surface area contributed by atoms with Crippen LogP contribution in [-0.2, 0) is 12.7 Å². The van der Waals surface area contributed by atoms with Gasteiger partial charge in [0.2, 0.25) is 0 Å². The molecule has 0 heterocycles. The second-order valence-electron chi connectivity index (χ2n) is 6.83. The predicted octanol–water partition coefficient (Wildman–Crippen LogP) is 6.24. The third-order valence-corrected chi connectivity index (χ3v) is 5.00. The van der Waals surface area contributed by atoms with Gasteiger partial charge in [-0.05, 0) is 54.2 Å². The van der Waals surface area contributed by atoms with Gasteiger partial charge in [0.15, 0.2) is 0 Å². The summed E-state index contributed by atoms with van der Waals surface area (Å²) < 4.78 is 84.8. The Bertz CT molecular complexity index is 812. The summed E-state index contributed by atoms with van der Waals surface area (Å²) in [5, 5.41) is 0.375. The maximum atomic E-state index is 13.7. The lowest BCUT2D eigenvalue weighted by atomic mass is 9.87. The Morgan fingerprint density at radius 2 is 1.57 bits per heavy atom. The minimum Gasteiger partial charge on any atom is -0.490 e. The van der Waals surface area contributed by atoms with Gasteiger partial charge in [-0.2, -0.15) is 26.3 Å². The summed E-state index contributed by atoms with van der Waals surface area (Å²) in [6.07, 6.45) is -9.71. The first-order chi connectivity index (χ1) is 12.6. The van der Waals surface area contributed by atoms with Crippen molar-refractivity contribution in [1.29, 1.82) is 0 Å². The molecular formula is C19H20ClF6NO. The Morgan fingerprint density at radius 3 is 2.11 bits per heavy atom. The highest BCUT2D eigenvalue weighted by molar-refractivity contribution is 5.89. The van der Waals surface area contributed by atoms with Crippen molar-refractivity contribution < 1.29 is 31.1 Å². The summed E-state index contributed by atoms with van der Waals surface area (Å²) in [7, 11) is 0. The smallest absolute Gasteiger partial charge is 0.420 e. The van der Waals surface area contributed by atoms with Crippen LogP contribution in [0, 0.1) is 5.92 Å². The molecule has 0 unspecified atom stereocenters. The molecule has 0 atom stereocenters. The molecule has 2 N–H and O–H groups in total. The Labute approximate surface area is 164 Å².